The highest BCUT2D eigenvalue weighted by atomic mass is 15.1. The molecule has 5 aromatic rings. The van der Waals surface area contributed by atoms with Crippen molar-refractivity contribution in [3.63, 3.8) is 0 Å². The summed E-state index contributed by atoms with van der Waals surface area (Å²) in [5, 5.41) is 1.38. The normalized spacial score (nSPS) is 23.7. The lowest BCUT2D eigenvalue weighted by atomic mass is 9.47. The van der Waals surface area contributed by atoms with E-state index >= 15 is 0 Å². The Morgan fingerprint density at radius 3 is 1.96 bits per heavy atom. The molecule has 2 aliphatic carbocycles. The maximum atomic E-state index is 2.85. The molecule has 0 fully saturated rings. The van der Waals surface area contributed by atoms with Gasteiger partial charge in [0, 0.05) is 59.9 Å². The van der Waals surface area contributed by atoms with Gasteiger partial charge in [-0.3, -0.25) is 0 Å². The molecule has 0 amide bonds. The van der Waals surface area contributed by atoms with Crippen molar-refractivity contribution in [1.29, 1.82) is 0 Å². The van der Waals surface area contributed by atoms with Gasteiger partial charge >= 0.3 is 0 Å². The number of aryl methyl sites for hydroxylation is 3. The van der Waals surface area contributed by atoms with Crippen molar-refractivity contribution in [2.75, 3.05) is 0 Å². The summed E-state index contributed by atoms with van der Waals surface area (Å²) >= 11 is 0. The quantitative estimate of drug-likeness (QED) is 0.157. The molecule has 0 bridgehead atoms. The molecule has 3 aromatic carbocycles. The lowest BCUT2D eigenvalue weighted by Gasteiger charge is -2.56. The van der Waals surface area contributed by atoms with E-state index in [1.54, 1.807) is 22.3 Å². The Balaban J connectivity index is 1.48. The zero-order chi connectivity index (χ0) is 37.4. The van der Waals surface area contributed by atoms with Gasteiger partial charge in [-0.15, -0.1) is 0 Å². The van der Waals surface area contributed by atoms with Crippen LogP contribution in [0.15, 0.2) is 85.1 Å². The van der Waals surface area contributed by atoms with Crippen molar-refractivity contribution in [1.82, 2.24) is 0 Å². The third-order valence-corrected chi connectivity index (χ3v) is 16.9. The molecule has 8 rings (SSSR count). The Hall–Kier alpha value is -3.78. The summed E-state index contributed by atoms with van der Waals surface area (Å²) < 4.78 is 5.39. The van der Waals surface area contributed by atoms with Crippen LogP contribution in [0.5, 0.6) is 0 Å². The lowest BCUT2D eigenvalue weighted by Crippen LogP contribution is -2.63. The fourth-order valence-electron chi connectivity index (χ4n) is 12.3. The van der Waals surface area contributed by atoms with Gasteiger partial charge in [-0.1, -0.05) is 106 Å². The molecule has 0 radical (unpaired) electrons. The fraction of sp³-hybridized carbons (Fsp3) is 0.480. The van der Waals surface area contributed by atoms with Crippen molar-refractivity contribution < 1.29 is 9.13 Å². The first-order valence-corrected chi connectivity index (χ1v) is 20.2. The molecule has 270 valence electrons. The molecule has 3 aliphatic rings. The van der Waals surface area contributed by atoms with Crippen LogP contribution < -0.4 is 9.13 Å². The zero-order valence-electron chi connectivity index (χ0n) is 34.4. The van der Waals surface area contributed by atoms with E-state index in [0.29, 0.717) is 5.92 Å². The smallest absolute Gasteiger partial charge is 0.198 e. The average Bonchev–Trinajstić information content (AvgIpc) is 3.33. The molecular weight excluding hydrogens is 629 g/mol. The first-order chi connectivity index (χ1) is 24.5. The lowest BCUT2D eigenvalue weighted by molar-refractivity contribution is -0.743. The highest BCUT2D eigenvalue weighted by Crippen LogP contribution is 2.77. The molecule has 52 heavy (non-hydrogen) atoms. The first kappa shape index (κ1) is 35.3. The van der Waals surface area contributed by atoms with Crippen molar-refractivity contribution >= 4 is 10.9 Å². The van der Waals surface area contributed by atoms with Crippen LogP contribution in [0.3, 0.4) is 0 Å². The number of nitrogens with zero attached hydrogens (tertiary/aromatic N) is 2. The van der Waals surface area contributed by atoms with Crippen LogP contribution in [0, 0.1) is 24.7 Å². The SMILES string of the molecule is CCC1(CC)C(CC[n+]2ccccc2-c2ccccc2C)c2c(cc3c4c2C(C)(C)C(C)(C)C4(C)C(C)(C)C3(C)C)-c2ccc3c(C)cccc3[n+]21. The van der Waals surface area contributed by atoms with Crippen LogP contribution in [0.25, 0.3) is 33.4 Å². The summed E-state index contributed by atoms with van der Waals surface area (Å²) in [6.45, 7) is 33.7. The maximum absolute atomic E-state index is 2.85. The minimum absolute atomic E-state index is 0.0156. The summed E-state index contributed by atoms with van der Waals surface area (Å²) in [6.07, 6.45) is 5.55. The molecule has 2 unspecified atom stereocenters. The van der Waals surface area contributed by atoms with Crippen molar-refractivity contribution in [2.45, 2.75) is 144 Å². The maximum Gasteiger partial charge on any atom is 0.213 e. The van der Waals surface area contributed by atoms with Crippen LogP contribution >= 0.6 is 0 Å². The third-order valence-electron chi connectivity index (χ3n) is 16.9. The van der Waals surface area contributed by atoms with Crippen LogP contribution in [0.2, 0.25) is 0 Å². The van der Waals surface area contributed by atoms with Crippen LogP contribution in [-0.4, -0.2) is 0 Å². The third kappa shape index (κ3) is 3.97. The van der Waals surface area contributed by atoms with Gasteiger partial charge in [0.1, 0.15) is 6.54 Å². The minimum Gasteiger partial charge on any atom is -0.198 e. The Morgan fingerprint density at radius 1 is 0.615 bits per heavy atom. The van der Waals surface area contributed by atoms with Gasteiger partial charge < -0.3 is 0 Å². The summed E-state index contributed by atoms with van der Waals surface area (Å²) in [4.78, 5) is 0. The second kappa shape index (κ2) is 11.1. The number of fused-ring (bicyclic) bond motifs is 6. The molecule has 0 N–H and O–H groups in total. The standard InChI is InChI=1S/C50H62N2/c1-14-50(15-2)37(28-30-51-29-19-18-24-39(51)34-23-17-16-21-32(34)3)42-36(41-27-26-35-33(4)22-20-25-40(35)52(41)50)31-38-43-44(42)46(7,8)48(11,12)49(43,13)47(9,10)45(38,5)6/h16-27,29,31,37H,14-15,28,30H2,1-13H3/q+2. The first-order valence-electron chi connectivity index (χ1n) is 20.2. The summed E-state index contributed by atoms with van der Waals surface area (Å²) in [5.41, 5.74) is 16.2. The molecule has 2 aromatic heterocycles. The van der Waals surface area contributed by atoms with E-state index < -0.39 is 0 Å². The van der Waals surface area contributed by atoms with E-state index in [9.17, 15) is 0 Å². The molecule has 0 spiro atoms. The summed E-state index contributed by atoms with van der Waals surface area (Å²) in [6, 6.07) is 30.2. The number of pyridine rings is 2. The van der Waals surface area contributed by atoms with E-state index in [-0.39, 0.29) is 32.6 Å². The molecular formula is C50H62N2+2. The number of benzene rings is 3. The highest BCUT2D eigenvalue weighted by molar-refractivity contribution is 5.83. The number of hydrogen-bond donors (Lipinski definition) is 0. The molecule has 2 heteroatoms. The molecule has 2 nitrogen and oxygen atoms in total. The van der Waals surface area contributed by atoms with Crippen molar-refractivity contribution in [3.8, 4) is 22.5 Å². The Morgan fingerprint density at radius 2 is 1.27 bits per heavy atom. The topological polar surface area (TPSA) is 7.76 Å². The van der Waals surface area contributed by atoms with Gasteiger partial charge in [-0.25, -0.2) is 0 Å². The number of aromatic nitrogens is 2. The predicted molar refractivity (Wildman–Crippen MR) is 218 cm³/mol. The van der Waals surface area contributed by atoms with Gasteiger partial charge in [-0.2, -0.15) is 9.13 Å². The number of hydrogen-bond acceptors (Lipinski definition) is 0. The largest absolute Gasteiger partial charge is 0.213 e. The monoisotopic (exact) mass is 690 g/mol. The Bertz CT molecular complexity index is 2280. The van der Waals surface area contributed by atoms with E-state index in [1.807, 2.05) is 0 Å². The molecule has 0 saturated carbocycles. The number of rotatable bonds is 6. The van der Waals surface area contributed by atoms with E-state index in [1.165, 1.54) is 44.5 Å². The van der Waals surface area contributed by atoms with Gasteiger partial charge in [0.05, 0.1) is 11.5 Å². The van der Waals surface area contributed by atoms with Gasteiger partial charge in [-0.05, 0) is 93.2 Å². The van der Waals surface area contributed by atoms with Crippen LogP contribution in [0.1, 0.15) is 135 Å². The van der Waals surface area contributed by atoms with Crippen molar-refractivity contribution in [2.24, 2.45) is 10.8 Å². The average molecular weight is 691 g/mol. The fourth-order valence-corrected chi connectivity index (χ4v) is 12.3. The molecule has 1 aliphatic heterocycles. The molecule has 2 atom stereocenters. The molecule has 3 heterocycles. The Labute approximate surface area is 314 Å². The molecule has 0 saturated heterocycles. The summed E-state index contributed by atoms with van der Waals surface area (Å²) in [5.74, 6) is 0.336. The second-order valence-corrected chi connectivity index (χ2v) is 19.1. The van der Waals surface area contributed by atoms with Crippen LogP contribution in [-0.2, 0) is 28.3 Å². The van der Waals surface area contributed by atoms with Crippen LogP contribution in [0.4, 0.5) is 0 Å². The summed E-state index contributed by atoms with van der Waals surface area (Å²) in [7, 11) is 0. The van der Waals surface area contributed by atoms with E-state index in [2.05, 4.69) is 184 Å². The second-order valence-electron chi connectivity index (χ2n) is 19.1. The van der Waals surface area contributed by atoms with Gasteiger partial charge in [0.25, 0.3) is 0 Å². The van der Waals surface area contributed by atoms with E-state index in [4.69, 9.17) is 0 Å². The minimum atomic E-state index is -0.0819. The zero-order valence-corrected chi connectivity index (χ0v) is 34.4. The Kier molecular flexibility index (Phi) is 7.54. The highest BCUT2D eigenvalue weighted by Gasteiger charge is 2.73. The van der Waals surface area contributed by atoms with E-state index in [0.717, 1.165) is 25.8 Å². The van der Waals surface area contributed by atoms with Gasteiger partial charge in [0.2, 0.25) is 16.9 Å². The van der Waals surface area contributed by atoms with Crippen molar-refractivity contribution in [3.05, 3.63) is 118 Å². The predicted octanol–water partition coefficient (Wildman–Crippen LogP) is 12.0. The van der Waals surface area contributed by atoms with Gasteiger partial charge in [0.15, 0.2) is 11.7 Å².